The number of fused-ring (bicyclic) bond motifs is 1. The third kappa shape index (κ3) is 3.67. The highest BCUT2D eigenvalue weighted by atomic mass is 16.2. The van der Waals surface area contributed by atoms with Crippen LogP contribution in [-0.2, 0) is 7.05 Å². The van der Waals surface area contributed by atoms with Crippen LogP contribution >= 0.6 is 0 Å². The number of carbonyl (C=O) groups is 1. The van der Waals surface area contributed by atoms with Crippen LogP contribution in [0, 0.1) is 5.92 Å². The van der Waals surface area contributed by atoms with Gasteiger partial charge in [-0.2, -0.15) is 0 Å². The first-order chi connectivity index (χ1) is 13.7. The van der Waals surface area contributed by atoms with E-state index in [1.807, 2.05) is 30.2 Å². The molecule has 0 unspecified atom stereocenters. The molecule has 0 radical (unpaired) electrons. The van der Waals surface area contributed by atoms with Crippen LogP contribution in [0.4, 0.5) is 5.82 Å². The molecule has 3 aromatic rings. The molecule has 146 valence electrons. The van der Waals surface area contributed by atoms with Crippen molar-refractivity contribution in [1.29, 1.82) is 0 Å². The fraction of sp³-hybridized carbons (Fsp3) is 0.450. The minimum Gasteiger partial charge on any atom is -0.357 e. The van der Waals surface area contributed by atoms with Crippen LogP contribution < -0.4 is 4.90 Å². The van der Waals surface area contributed by atoms with E-state index in [4.69, 9.17) is 0 Å². The molecule has 0 atom stereocenters. The zero-order chi connectivity index (χ0) is 19.5. The number of carbonyl (C=O) groups excluding carboxylic acids is 1. The van der Waals surface area contributed by atoms with Gasteiger partial charge in [-0.25, -0.2) is 14.6 Å². The summed E-state index contributed by atoms with van der Waals surface area (Å²) in [5, 5.41) is 8.02. The summed E-state index contributed by atoms with van der Waals surface area (Å²) in [4.78, 5) is 26.0. The Balaban J connectivity index is 1.39. The van der Waals surface area contributed by atoms with Crippen molar-refractivity contribution in [3.8, 4) is 0 Å². The van der Waals surface area contributed by atoms with Crippen molar-refractivity contribution in [3.63, 3.8) is 0 Å². The molecular weight excluding hydrogens is 354 g/mol. The van der Waals surface area contributed by atoms with Gasteiger partial charge in [0.05, 0.1) is 5.56 Å². The number of hydrogen-bond acceptors (Lipinski definition) is 6. The molecule has 0 bridgehead atoms. The van der Waals surface area contributed by atoms with E-state index in [9.17, 15) is 4.79 Å². The van der Waals surface area contributed by atoms with Crippen molar-refractivity contribution in [3.05, 3.63) is 42.2 Å². The predicted octanol–water partition coefficient (Wildman–Crippen LogP) is 2.14. The zero-order valence-electron chi connectivity index (χ0n) is 16.3. The van der Waals surface area contributed by atoms with Crippen molar-refractivity contribution in [1.82, 2.24) is 29.9 Å². The van der Waals surface area contributed by atoms with E-state index in [2.05, 4.69) is 31.2 Å². The van der Waals surface area contributed by atoms with Crippen molar-refractivity contribution < 1.29 is 4.79 Å². The Morgan fingerprint density at radius 2 is 2.07 bits per heavy atom. The summed E-state index contributed by atoms with van der Waals surface area (Å²) in [6, 6.07) is 7.80. The minimum absolute atomic E-state index is 0.00899. The third-order valence-electron chi connectivity index (χ3n) is 5.42. The maximum Gasteiger partial charge on any atom is 0.255 e. The molecule has 0 aliphatic carbocycles. The summed E-state index contributed by atoms with van der Waals surface area (Å²) < 4.78 is 1.61. The van der Waals surface area contributed by atoms with Crippen LogP contribution in [0.25, 0.3) is 11.2 Å². The largest absolute Gasteiger partial charge is 0.357 e. The Kier molecular flexibility index (Phi) is 5.18. The first kappa shape index (κ1) is 18.3. The lowest BCUT2D eigenvalue weighted by Gasteiger charge is -2.35. The van der Waals surface area contributed by atoms with Crippen LogP contribution in [0.1, 0.15) is 30.1 Å². The van der Waals surface area contributed by atoms with E-state index in [-0.39, 0.29) is 5.91 Å². The van der Waals surface area contributed by atoms with Crippen molar-refractivity contribution in [2.45, 2.75) is 19.8 Å². The van der Waals surface area contributed by atoms with Crippen LogP contribution in [0.15, 0.2) is 36.7 Å². The Morgan fingerprint density at radius 1 is 1.25 bits per heavy atom. The second-order valence-corrected chi connectivity index (χ2v) is 7.24. The average molecular weight is 379 g/mol. The van der Waals surface area contributed by atoms with Gasteiger partial charge in [0, 0.05) is 45.6 Å². The van der Waals surface area contributed by atoms with Gasteiger partial charge in [-0.15, -0.1) is 5.10 Å². The lowest BCUT2D eigenvalue weighted by atomic mass is 9.96. The fourth-order valence-corrected chi connectivity index (χ4v) is 3.78. The summed E-state index contributed by atoms with van der Waals surface area (Å²) in [5.74, 6) is 1.54. The summed E-state index contributed by atoms with van der Waals surface area (Å²) in [6.07, 6.45) is 5.57. The highest BCUT2D eigenvalue weighted by Crippen LogP contribution is 2.23. The highest BCUT2D eigenvalue weighted by molar-refractivity contribution is 5.96. The van der Waals surface area contributed by atoms with Gasteiger partial charge in [0.1, 0.15) is 11.3 Å². The summed E-state index contributed by atoms with van der Waals surface area (Å²) in [7, 11) is 1.79. The number of pyridine rings is 2. The maximum atomic E-state index is 13.0. The number of nitrogens with zero attached hydrogens (tertiary/aromatic N) is 7. The second-order valence-electron chi connectivity index (χ2n) is 7.24. The first-order valence-corrected chi connectivity index (χ1v) is 9.76. The number of hydrogen-bond donors (Lipinski definition) is 0. The Hall–Kier alpha value is -3.03. The van der Waals surface area contributed by atoms with Crippen LogP contribution in [0.2, 0.25) is 0 Å². The van der Waals surface area contributed by atoms with E-state index in [0.29, 0.717) is 29.2 Å². The number of amides is 1. The Labute approximate surface area is 164 Å². The van der Waals surface area contributed by atoms with Gasteiger partial charge in [0.15, 0.2) is 5.65 Å². The monoisotopic (exact) mass is 379 g/mol. The van der Waals surface area contributed by atoms with Crippen LogP contribution in [0.3, 0.4) is 0 Å². The number of aryl methyl sites for hydroxylation is 1. The number of aromatic nitrogens is 5. The van der Waals surface area contributed by atoms with Gasteiger partial charge in [-0.1, -0.05) is 11.3 Å². The van der Waals surface area contributed by atoms with Crippen LogP contribution in [0.5, 0.6) is 0 Å². The summed E-state index contributed by atoms with van der Waals surface area (Å²) in [6.45, 7) is 5.41. The molecule has 4 rings (SSSR count). The van der Waals surface area contributed by atoms with Crippen molar-refractivity contribution >= 4 is 22.9 Å². The number of anilines is 1. The molecule has 1 aliphatic heterocycles. The molecular formula is C20H25N7O. The van der Waals surface area contributed by atoms with E-state index >= 15 is 0 Å². The molecule has 1 fully saturated rings. The number of piperidine rings is 1. The normalized spacial score (nSPS) is 15.1. The van der Waals surface area contributed by atoms with E-state index in [0.717, 1.165) is 38.3 Å². The molecule has 0 saturated carbocycles. The summed E-state index contributed by atoms with van der Waals surface area (Å²) in [5.41, 5.74) is 1.90. The van der Waals surface area contributed by atoms with Gasteiger partial charge in [-0.05, 0) is 43.9 Å². The SMILES string of the molecule is CCN(CC1CCN(c2ccccn2)CC1)C(=O)c1cnc2c(c1)nnn2C. The molecule has 0 N–H and O–H groups in total. The van der Waals surface area contributed by atoms with Gasteiger partial charge in [-0.3, -0.25) is 4.79 Å². The molecule has 8 heteroatoms. The zero-order valence-corrected chi connectivity index (χ0v) is 16.3. The molecule has 4 heterocycles. The van der Waals surface area contributed by atoms with Gasteiger partial charge in [0.25, 0.3) is 5.91 Å². The molecule has 3 aromatic heterocycles. The Morgan fingerprint density at radius 3 is 2.79 bits per heavy atom. The van der Waals surface area contributed by atoms with Gasteiger partial charge < -0.3 is 9.80 Å². The summed E-state index contributed by atoms with van der Waals surface area (Å²) >= 11 is 0. The van der Waals surface area contributed by atoms with Gasteiger partial charge in [0.2, 0.25) is 0 Å². The molecule has 1 saturated heterocycles. The molecule has 1 amide bonds. The van der Waals surface area contributed by atoms with E-state index in [1.54, 1.807) is 24.0 Å². The topological polar surface area (TPSA) is 80.0 Å². The minimum atomic E-state index is 0.00899. The molecule has 28 heavy (non-hydrogen) atoms. The van der Waals surface area contributed by atoms with E-state index < -0.39 is 0 Å². The second kappa shape index (κ2) is 7.92. The van der Waals surface area contributed by atoms with Gasteiger partial charge >= 0.3 is 0 Å². The van der Waals surface area contributed by atoms with Crippen LogP contribution in [-0.4, -0.2) is 61.9 Å². The van der Waals surface area contributed by atoms with Crippen molar-refractivity contribution in [2.75, 3.05) is 31.1 Å². The number of rotatable bonds is 5. The highest BCUT2D eigenvalue weighted by Gasteiger charge is 2.24. The van der Waals surface area contributed by atoms with E-state index in [1.165, 1.54) is 0 Å². The predicted molar refractivity (Wildman–Crippen MR) is 107 cm³/mol. The smallest absolute Gasteiger partial charge is 0.255 e. The molecule has 1 aliphatic rings. The molecule has 0 spiro atoms. The molecule has 0 aromatic carbocycles. The maximum absolute atomic E-state index is 13.0. The average Bonchev–Trinajstić information content (AvgIpc) is 3.13. The third-order valence-corrected chi connectivity index (χ3v) is 5.42. The lowest BCUT2D eigenvalue weighted by molar-refractivity contribution is 0.0729. The quantitative estimate of drug-likeness (QED) is 0.676. The lowest BCUT2D eigenvalue weighted by Crippen LogP contribution is -2.41. The molecule has 8 nitrogen and oxygen atoms in total. The van der Waals surface area contributed by atoms with Crippen molar-refractivity contribution in [2.24, 2.45) is 13.0 Å². The first-order valence-electron chi connectivity index (χ1n) is 9.76. The standard InChI is InChI=1S/C20H25N7O/c1-3-26(20(28)16-12-17-19(22-13-16)25(2)24-23-17)14-15-7-10-27(11-8-15)18-6-4-5-9-21-18/h4-6,9,12-13,15H,3,7-8,10-11,14H2,1-2H3. The fourth-order valence-electron chi connectivity index (χ4n) is 3.78. The Bertz CT molecular complexity index is 948.